The van der Waals surface area contributed by atoms with Crippen molar-refractivity contribution < 1.29 is 4.79 Å². The number of halogens is 1. The predicted molar refractivity (Wildman–Crippen MR) is 106 cm³/mol. The molecule has 0 aliphatic heterocycles. The fraction of sp³-hybridized carbons (Fsp3) is 0.316. The number of hydrogen-bond acceptors (Lipinski definition) is 5. The molecular weight excluding hydrogens is 364 g/mol. The van der Waals surface area contributed by atoms with Crippen molar-refractivity contribution in [1.29, 1.82) is 0 Å². The molecule has 1 aromatic carbocycles. The fourth-order valence-electron chi connectivity index (χ4n) is 3.48. The van der Waals surface area contributed by atoms with Crippen molar-refractivity contribution in [2.45, 2.75) is 37.8 Å². The molecule has 3 aromatic rings. The predicted octanol–water partition coefficient (Wildman–Crippen LogP) is 2.83. The van der Waals surface area contributed by atoms with Crippen molar-refractivity contribution in [1.82, 2.24) is 14.4 Å². The Hall–Kier alpha value is -2.64. The summed E-state index contributed by atoms with van der Waals surface area (Å²) in [4.78, 5) is 20.9. The van der Waals surface area contributed by atoms with E-state index >= 15 is 0 Å². The molecule has 1 aliphatic carbocycles. The van der Waals surface area contributed by atoms with Crippen LogP contribution in [0.2, 0.25) is 5.02 Å². The zero-order valence-corrected chi connectivity index (χ0v) is 15.5. The van der Waals surface area contributed by atoms with Gasteiger partial charge in [0.15, 0.2) is 11.5 Å². The van der Waals surface area contributed by atoms with Gasteiger partial charge in [-0.25, -0.2) is 9.97 Å². The van der Waals surface area contributed by atoms with Gasteiger partial charge in [-0.05, 0) is 37.8 Å². The van der Waals surface area contributed by atoms with Gasteiger partial charge in [-0.2, -0.15) is 0 Å². The highest BCUT2D eigenvalue weighted by molar-refractivity contribution is 6.30. The Labute approximate surface area is 161 Å². The van der Waals surface area contributed by atoms with Gasteiger partial charge in [0.1, 0.15) is 5.69 Å². The van der Waals surface area contributed by atoms with Gasteiger partial charge in [0.25, 0.3) is 5.91 Å². The van der Waals surface area contributed by atoms with E-state index in [1.165, 1.54) is 6.20 Å². The summed E-state index contributed by atoms with van der Waals surface area (Å²) in [6.45, 7) is 0. The van der Waals surface area contributed by atoms with Gasteiger partial charge in [-0.3, -0.25) is 9.20 Å². The average Bonchev–Trinajstić information content (AvgIpc) is 3.09. The van der Waals surface area contributed by atoms with Gasteiger partial charge < -0.3 is 16.8 Å². The van der Waals surface area contributed by atoms with Crippen molar-refractivity contribution in [2.75, 3.05) is 5.32 Å². The minimum atomic E-state index is -0.553. The molecule has 1 saturated carbocycles. The highest BCUT2D eigenvalue weighted by Crippen LogP contribution is 2.27. The molecule has 2 aromatic heterocycles. The molecule has 1 amide bonds. The van der Waals surface area contributed by atoms with Crippen LogP contribution in [0, 0.1) is 0 Å². The highest BCUT2D eigenvalue weighted by atomic mass is 35.5. The van der Waals surface area contributed by atoms with Crippen LogP contribution in [0.25, 0.3) is 16.9 Å². The summed E-state index contributed by atoms with van der Waals surface area (Å²) in [7, 11) is 0. The third-order valence-corrected chi connectivity index (χ3v) is 5.25. The molecular formula is C19H21ClN6O. The molecule has 0 spiro atoms. The van der Waals surface area contributed by atoms with Gasteiger partial charge in [-0.1, -0.05) is 23.7 Å². The van der Waals surface area contributed by atoms with Crippen LogP contribution in [0.15, 0.2) is 36.7 Å². The zero-order chi connectivity index (χ0) is 19.0. The smallest absolute Gasteiger partial charge is 0.267 e. The summed E-state index contributed by atoms with van der Waals surface area (Å²) < 4.78 is 1.69. The third-order valence-electron chi connectivity index (χ3n) is 5.00. The molecule has 27 heavy (non-hydrogen) atoms. The molecule has 5 N–H and O–H groups in total. The lowest BCUT2D eigenvalue weighted by molar-refractivity contribution is 0.0994. The van der Waals surface area contributed by atoms with Gasteiger partial charge in [0.05, 0.1) is 11.9 Å². The van der Waals surface area contributed by atoms with E-state index in [2.05, 4.69) is 10.3 Å². The monoisotopic (exact) mass is 384 g/mol. The van der Waals surface area contributed by atoms with Crippen molar-refractivity contribution >= 4 is 29.0 Å². The fourth-order valence-corrected chi connectivity index (χ4v) is 3.60. The Morgan fingerprint density at radius 1 is 1.19 bits per heavy atom. The normalized spacial score (nSPS) is 19.9. The number of benzene rings is 1. The van der Waals surface area contributed by atoms with Gasteiger partial charge in [-0.15, -0.1) is 0 Å². The van der Waals surface area contributed by atoms with Crippen molar-refractivity contribution in [2.24, 2.45) is 11.5 Å². The summed E-state index contributed by atoms with van der Waals surface area (Å²) in [5.41, 5.74) is 14.0. The standard InChI is InChI=1S/C19H21ClN6O/c20-12-3-1-11(2-4-12)15-10-26-16(17(22)27)9-23-18(19(26)25-15)24-14-7-5-13(21)6-8-14/h1-4,9-10,13-14H,5-8,21H2,(H2,22,27)(H,23,24)/t13-,14+. The number of aromatic nitrogens is 3. The molecule has 8 heteroatoms. The molecule has 1 aliphatic rings. The molecule has 1 fully saturated rings. The van der Waals surface area contributed by atoms with Crippen LogP contribution in [0.4, 0.5) is 5.82 Å². The second-order valence-electron chi connectivity index (χ2n) is 6.94. The maximum atomic E-state index is 11.8. The van der Waals surface area contributed by atoms with Gasteiger partial charge >= 0.3 is 0 Å². The number of rotatable bonds is 4. The second kappa shape index (κ2) is 7.17. The minimum absolute atomic E-state index is 0.274. The number of nitrogens with two attached hydrogens (primary N) is 2. The summed E-state index contributed by atoms with van der Waals surface area (Å²) in [5.74, 6) is 0.0865. The molecule has 4 rings (SSSR count). The van der Waals surface area contributed by atoms with Crippen LogP contribution in [-0.4, -0.2) is 32.4 Å². The molecule has 0 bridgehead atoms. The Balaban J connectivity index is 1.74. The van der Waals surface area contributed by atoms with E-state index in [1.54, 1.807) is 22.7 Å². The minimum Gasteiger partial charge on any atom is -0.364 e. The topological polar surface area (TPSA) is 111 Å². The number of primary amides is 1. The number of imidazole rings is 1. The number of hydrogen-bond donors (Lipinski definition) is 3. The number of nitrogens with one attached hydrogen (secondary N) is 1. The van der Waals surface area contributed by atoms with Crippen LogP contribution >= 0.6 is 11.6 Å². The third kappa shape index (κ3) is 3.61. The van der Waals surface area contributed by atoms with Crippen LogP contribution in [0.1, 0.15) is 36.2 Å². The van der Waals surface area contributed by atoms with E-state index < -0.39 is 5.91 Å². The summed E-state index contributed by atoms with van der Waals surface area (Å²) in [6, 6.07) is 7.94. The first-order valence-electron chi connectivity index (χ1n) is 8.97. The number of nitrogens with zero attached hydrogens (tertiary/aromatic N) is 3. The maximum absolute atomic E-state index is 11.8. The van der Waals surface area contributed by atoms with E-state index in [9.17, 15) is 4.79 Å². The quantitative estimate of drug-likeness (QED) is 0.640. The molecule has 140 valence electrons. The molecule has 0 radical (unpaired) electrons. The van der Waals surface area contributed by atoms with E-state index in [0.717, 1.165) is 36.9 Å². The molecule has 7 nitrogen and oxygen atoms in total. The zero-order valence-electron chi connectivity index (χ0n) is 14.7. The first-order valence-corrected chi connectivity index (χ1v) is 9.35. The van der Waals surface area contributed by atoms with E-state index in [4.69, 9.17) is 28.1 Å². The van der Waals surface area contributed by atoms with Crippen LogP contribution < -0.4 is 16.8 Å². The first-order chi connectivity index (χ1) is 13.0. The first kappa shape index (κ1) is 17.8. The van der Waals surface area contributed by atoms with Crippen LogP contribution in [0.3, 0.4) is 0 Å². The molecule has 0 saturated heterocycles. The SMILES string of the molecule is NC(=O)c1cnc(N[C@H]2CC[C@@H](N)CC2)c2nc(-c3ccc(Cl)cc3)cn12. The van der Waals surface area contributed by atoms with Gasteiger partial charge in [0, 0.05) is 28.9 Å². The van der Waals surface area contributed by atoms with Gasteiger partial charge in [0.2, 0.25) is 0 Å². The molecule has 2 heterocycles. The Morgan fingerprint density at radius 2 is 1.89 bits per heavy atom. The maximum Gasteiger partial charge on any atom is 0.267 e. The van der Waals surface area contributed by atoms with E-state index in [0.29, 0.717) is 16.5 Å². The number of carbonyl (C=O) groups excluding carboxylic acids is 1. The molecule has 0 unspecified atom stereocenters. The molecule has 0 atom stereocenters. The lowest BCUT2D eigenvalue weighted by atomic mass is 9.92. The summed E-state index contributed by atoms with van der Waals surface area (Å²) in [6.07, 6.45) is 7.21. The number of amides is 1. The van der Waals surface area contributed by atoms with Crippen LogP contribution in [-0.2, 0) is 0 Å². The summed E-state index contributed by atoms with van der Waals surface area (Å²) in [5, 5.41) is 4.11. The number of fused-ring (bicyclic) bond motifs is 1. The van der Waals surface area contributed by atoms with E-state index in [-0.39, 0.29) is 17.8 Å². The van der Waals surface area contributed by atoms with Crippen LogP contribution in [0.5, 0.6) is 0 Å². The van der Waals surface area contributed by atoms with Crippen molar-refractivity contribution in [3.05, 3.63) is 47.4 Å². The lowest BCUT2D eigenvalue weighted by Gasteiger charge is -2.27. The van der Waals surface area contributed by atoms with Crippen molar-refractivity contribution in [3.8, 4) is 11.3 Å². The lowest BCUT2D eigenvalue weighted by Crippen LogP contribution is -2.33. The average molecular weight is 385 g/mol. The summed E-state index contributed by atoms with van der Waals surface area (Å²) >= 11 is 5.97. The largest absolute Gasteiger partial charge is 0.364 e. The van der Waals surface area contributed by atoms with E-state index in [1.807, 2.05) is 12.1 Å². The second-order valence-corrected chi connectivity index (χ2v) is 7.38. The van der Waals surface area contributed by atoms with Crippen molar-refractivity contribution in [3.63, 3.8) is 0 Å². The number of anilines is 1. The number of carbonyl (C=O) groups is 1. The Bertz CT molecular complexity index is 976. The Kier molecular flexibility index (Phi) is 4.72. The highest BCUT2D eigenvalue weighted by Gasteiger charge is 2.21. The Morgan fingerprint density at radius 3 is 2.56 bits per heavy atom.